The van der Waals surface area contributed by atoms with E-state index in [4.69, 9.17) is 9.47 Å². The fraction of sp³-hybridized carbons (Fsp3) is 0.143. The van der Waals surface area contributed by atoms with Gasteiger partial charge in [0.25, 0.3) is 0 Å². The van der Waals surface area contributed by atoms with E-state index in [9.17, 15) is 4.79 Å². The molecule has 1 aromatic heterocycles. The van der Waals surface area contributed by atoms with Gasteiger partial charge in [0, 0.05) is 10.7 Å². The van der Waals surface area contributed by atoms with Crippen LogP contribution in [-0.2, 0) is 6.61 Å². The maximum absolute atomic E-state index is 10.9. The summed E-state index contributed by atoms with van der Waals surface area (Å²) in [5.41, 5.74) is 1.27. The molecule has 0 aliphatic heterocycles. The summed E-state index contributed by atoms with van der Waals surface area (Å²) >= 11 is 3.30. The summed E-state index contributed by atoms with van der Waals surface area (Å²) in [6, 6.07) is 9.26. The Morgan fingerprint density at radius 1 is 1.32 bits per heavy atom. The van der Waals surface area contributed by atoms with Crippen molar-refractivity contribution in [1.29, 1.82) is 0 Å². The van der Waals surface area contributed by atoms with Gasteiger partial charge >= 0.3 is 0 Å². The monoisotopic (exact) mass is 321 g/mol. The van der Waals surface area contributed by atoms with Crippen LogP contribution in [0.3, 0.4) is 0 Å². The first kappa shape index (κ1) is 13.5. The number of rotatable bonds is 5. The summed E-state index contributed by atoms with van der Waals surface area (Å²) in [7, 11) is 1.62. The quantitative estimate of drug-likeness (QED) is 0.793. The van der Waals surface area contributed by atoms with Crippen molar-refractivity contribution in [3.8, 4) is 11.5 Å². The highest BCUT2D eigenvalue weighted by molar-refractivity contribution is 9.10. The topological polar surface area (TPSA) is 48.4 Å². The van der Waals surface area contributed by atoms with Gasteiger partial charge in [-0.1, -0.05) is 12.1 Å². The van der Waals surface area contributed by atoms with Crippen LogP contribution in [0.25, 0.3) is 0 Å². The predicted molar refractivity (Wildman–Crippen MR) is 74.7 cm³/mol. The average Bonchev–Trinajstić information content (AvgIpc) is 2.46. The van der Waals surface area contributed by atoms with Crippen LogP contribution in [0, 0.1) is 0 Å². The van der Waals surface area contributed by atoms with E-state index in [-0.39, 0.29) is 5.69 Å². The first-order valence-corrected chi connectivity index (χ1v) is 6.38. The minimum absolute atomic E-state index is 0.289. The summed E-state index contributed by atoms with van der Waals surface area (Å²) in [5.74, 6) is 1.25. The lowest BCUT2D eigenvalue weighted by molar-refractivity contribution is 0.111. The van der Waals surface area contributed by atoms with E-state index in [1.165, 1.54) is 0 Å². The molecule has 2 rings (SSSR count). The molecule has 0 fully saturated rings. The van der Waals surface area contributed by atoms with Crippen molar-refractivity contribution < 1.29 is 14.3 Å². The molecule has 0 amide bonds. The molecule has 98 valence electrons. The normalized spacial score (nSPS) is 10.0. The summed E-state index contributed by atoms with van der Waals surface area (Å²) in [4.78, 5) is 14.8. The van der Waals surface area contributed by atoms with Crippen LogP contribution in [-0.4, -0.2) is 18.4 Å². The van der Waals surface area contributed by atoms with Gasteiger partial charge in [0.2, 0.25) is 0 Å². The van der Waals surface area contributed by atoms with Crippen molar-refractivity contribution >= 4 is 22.2 Å². The lowest BCUT2D eigenvalue weighted by atomic mass is 10.2. The van der Waals surface area contributed by atoms with E-state index in [1.54, 1.807) is 19.4 Å². The molecule has 0 radical (unpaired) electrons. The minimum Gasteiger partial charge on any atom is -0.497 e. The Kier molecular flexibility index (Phi) is 4.52. The number of ether oxygens (including phenoxy) is 2. The smallest absolute Gasteiger partial charge is 0.172 e. The van der Waals surface area contributed by atoms with Crippen LogP contribution in [0.1, 0.15) is 16.1 Å². The summed E-state index contributed by atoms with van der Waals surface area (Å²) in [6.45, 7) is 0.364. The lowest BCUT2D eigenvalue weighted by Gasteiger charge is -2.08. The molecule has 1 aromatic carbocycles. The van der Waals surface area contributed by atoms with E-state index in [0.717, 1.165) is 15.8 Å². The summed E-state index contributed by atoms with van der Waals surface area (Å²) in [5, 5.41) is 0. The fourth-order valence-electron chi connectivity index (χ4n) is 1.52. The number of carbonyl (C=O) groups is 1. The molecular weight excluding hydrogens is 310 g/mol. The van der Waals surface area contributed by atoms with Gasteiger partial charge in [-0.3, -0.25) is 4.79 Å². The first-order valence-electron chi connectivity index (χ1n) is 5.59. The molecule has 0 aliphatic carbocycles. The number of hydrogen-bond donors (Lipinski definition) is 0. The van der Waals surface area contributed by atoms with Gasteiger partial charge in [-0.15, -0.1) is 0 Å². The number of hydrogen-bond acceptors (Lipinski definition) is 4. The van der Waals surface area contributed by atoms with Gasteiger partial charge in [0.15, 0.2) is 6.29 Å². The highest BCUT2D eigenvalue weighted by Gasteiger charge is 2.06. The first-order chi connectivity index (χ1) is 9.22. The second-order valence-electron chi connectivity index (χ2n) is 3.79. The van der Waals surface area contributed by atoms with E-state index < -0.39 is 0 Å². The van der Waals surface area contributed by atoms with Crippen LogP contribution < -0.4 is 9.47 Å². The molecule has 5 heteroatoms. The van der Waals surface area contributed by atoms with Gasteiger partial charge < -0.3 is 9.47 Å². The Morgan fingerprint density at radius 3 is 2.68 bits per heavy atom. The van der Waals surface area contributed by atoms with Crippen LogP contribution >= 0.6 is 15.9 Å². The molecular formula is C14H12BrNO3. The molecule has 0 bridgehead atoms. The zero-order valence-corrected chi connectivity index (χ0v) is 11.9. The Balaban J connectivity index is 2.09. The van der Waals surface area contributed by atoms with E-state index in [2.05, 4.69) is 20.9 Å². The SMILES string of the molecule is COc1ccc(COc2cc(Br)cnc2C=O)cc1. The number of pyridine rings is 1. The van der Waals surface area contributed by atoms with Gasteiger partial charge in [-0.05, 0) is 39.7 Å². The second-order valence-corrected chi connectivity index (χ2v) is 4.71. The predicted octanol–water partition coefficient (Wildman–Crippen LogP) is 3.24. The Bertz CT molecular complexity index is 569. The molecule has 0 N–H and O–H groups in total. The molecule has 0 saturated heterocycles. The van der Waals surface area contributed by atoms with Crippen LogP contribution in [0.4, 0.5) is 0 Å². The number of methoxy groups -OCH3 is 1. The zero-order valence-electron chi connectivity index (χ0n) is 10.3. The van der Waals surface area contributed by atoms with Crippen molar-refractivity contribution in [2.45, 2.75) is 6.61 Å². The van der Waals surface area contributed by atoms with Crippen molar-refractivity contribution in [2.75, 3.05) is 7.11 Å². The number of carbonyl (C=O) groups excluding carboxylic acids is 1. The second kappa shape index (κ2) is 6.33. The molecule has 4 nitrogen and oxygen atoms in total. The zero-order chi connectivity index (χ0) is 13.7. The maximum atomic E-state index is 10.9. The third-order valence-electron chi connectivity index (χ3n) is 2.51. The van der Waals surface area contributed by atoms with Gasteiger partial charge in [-0.2, -0.15) is 0 Å². The highest BCUT2D eigenvalue weighted by Crippen LogP contribution is 2.21. The summed E-state index contributed by atoms with van der Waals surface area (Å²) in [6.07, 6.45) is 2.24. The minimum atomic E-state index is 0.289. The standard InChI is InChI=1S/C14H12BrNO3/c1-18-12-4-2-10(3-5-12)9-19-14-6-11(15)7-16-13(14)8-17/h2-8H,9H2,1H3. The fourth-order valence-corrected chi connectivity index (χ4v) is 1.83. The number of aldehydes is 1. The third kappa shape index (κ3) is 3.54. The molecule has 0 saturated carbocycles. The van der Waals surface area contributed by atoms with E-state index >= 15 is 0 Å². The summed E-state index contributed by atoms with van der Waals surface area (Å²) < 4.78 is 11.5. The maximum Gasteiger partial charge on any atom is 0.172 e. The number of halogens is 1. The van der Waals surface area contributed by atoms with Gasteiger partial charge in [0.1, 0.15) is 23.8 Å². The lowest BCUT2D eigenvalue weighted by Crippen LogP contribution is -2.00. The van der Waals surface area contributed by atoms with Gasteiger partial charge in [0.05, 0.1) is 7.11 Å². The van der Waals surface area contributed by atoms with Crippen LogP contribution in [0.15, 0.2) is 41.0 Å². The highest BCUT2D eigenvalue weighted by atomic mass is 79.9. The molecule has 1 heterocycles. The molecule has 0 spiro atoms. The van der Waals surface area contributed by atoms with Crippen LogP contribution in [0.5, 0.6) is 11.5 Å². The van der Waals surface area contributed by atoms with Crippen molar-refractivity contribution in [3.63, 3.8) is 0 Å². The molecule has 19 heavy (non-hydrogen) atoms. The third-order valence-corrected chi connectivity index (χ3v) is 2.95. The van der Waals surface area contributed by atoms with Gasteiger partial charge in [-0.25, -0.2) is 4.98 Å². The Hall–Kier alpha value is -1.88. The van der Waals surface area contributed by atoms with Crippen molar-refractivity contribution in [1.82, 2.24) is 4.98 Å². The number of aromatic nitrogens is 1. The molecule has 0 aliphatic rings. The molecule has 2 aromatic rings. The van der Waals surface area contributed by atoms with Crippen molar-refractivity contribution in [3.05, 3.63) is 52.3 Å². The Labute approximate surface area is 119 Å². The molecule has 0 unspecified atom stereocenters. The van der Waals surface area contributed by atoms with E-state index in [0.29, 0.717) is 18.6 Å². The number of nitrogens with zero attached hydrogens (tertiary/aromatic N) is 1. The largest absolute Gasteiger partial charge is 0.497 e. The van der Waals surface area contributed by atoms with Crippen LogP contribution in [0.2, 0.25) is 0 Å². The Morgan fingerprint density at radius 2 is 2.05 bits per heavy atom. The number of benzene rings is 1. The van der Waals surface area contributed by atoms with Crippen molar-refractivity contribution in [2.24, 2.45) is 0 Å². The van der Waals surface area contributed by atoms with E-state index in [1.807, 2.05) is 24.3 Å². The molecule has 0 atom stereocenters. The average molecular weight is 322 g/mol.